The molecule has 2 aliphatic rings. The summed E-state index contributed by atoms with van der Waals surface area (Å²) in [6.45, 7) is 8.17. The van der Waals surface area contributed by atoms with Crippen LogP contribution in [0.2, 0.25) is 0 Å². The van der Waals surface area contributed by atoms with E-state index in [1.54, 1.807) is 20.1 Å². The molecule has 5 nitrogen and oxygen atoms in total. The van der Waals surface area contributed by atoms with E-state index >= 15 is 0 Å². The van der Waals surface area contributed by atoms with Gasteiger partial charge in [-0.05, 0) is 5.56 Å². The van der Waals surface area contributed by atoms with Crippen molar-refractivity contribution in [2.45, 2.75) is 51.0 Å². The molecule has 0 saturated carbocycles. The van der Waals surface area contributed by atoms with Crippen LogP contribution in [0.3, 0.4) is 0 Å². The topological polar surface area (TPSA) is 46.2 Å². The molecule has 1 aromatic carbocycles. The van der Waals surface area contributed by atoms with E-state index in [9.17, 15) is 0 Å². The SMILES string of the molecule is C=CC1O[C@H]2OC(C)(OC)OC2[C@H](OCc2ccccc2)[C@H]1C. The Morgan fingerprint density at radius 3 is 2.65 bits per heavy atom. The molecule has 0 spiro atoms. The molecule has 0 bridgehead atoms. The highest BCUT2D eigenvalue weighted by Gasteiger charge is 2.55. The van der Waals surface area contributed by atoms with Crippen molar-refractivity contribution < 1.29 is 23.7 Å². The average molecular weight is 320 g/mol. The van der Waals surface area contributed by atoms with Crippen LogP contribution in [-0.2, 0) is 30.3 Å². The number of methoxy groups -OCH3 is 1. The van der Waals surface area contributed by atoms with Crippen molar-refractivity contribution in [3.8, 4) is 0 Å². The van der Waals surface area contributed by atoms with Crippen molar-refractivity contribution >= 4 is 0 Å². The van der Waals surface area contributed by atoms with Crippen LogP contribution in [0.5, 0.6) is 0 Å². The van der Waals surface area contributed by atoms with E-state index in [1.807, 2.05) is 30.3 Å². The van der Waals surface area contributed by atoms with Crippen LogP contribution in [-0.4, -0.2) is 37.7 Å². The predicted octanol–water partition coefficient (Wildman–Crippen LogP) is 2.85. The van der Waals surface area contributed by atoms with E-state index in [4.69, 9.17) is 23.7 Å². The number of hydrogen-bond acceptors (Lipinski definition) is 5. The van der Waals surface area contributed by atoms with Crippen molar-refractivity contribution in [3.05, 3.63) is 48.6 Å². The van der Waals surface area contributed by atoms with Crippen LogP contribution in [0, 0.1) is 5.92 Å². The molecule has 126 valence electrons. The van der Waals surface area contributed by atoms with Crippen LogP contribution >= 0.6 is 0 Å². The van der Waals surface area contributed by atoms with Crippen LogP contribution < -0.4 is 0 Å². The molecular formula is C18H24O5. The Morgan fingerprint density at radius 1 is 1.26 bits per heavy atom. The molecule has 23 heavy (non-hydrogen) atoms. The minimum atomic E-state index is -1.11. The lowest BCUT2D eigenvalue weighted by atomic mass is 9.90. The standard InChI is InChI=1S/C18H24O5/c1-5-14-12(2)15(20-11-13-9-7-6-8-10-13)16-17(21-14)23-18(3,19-4)22-16/h5-10,12,14-17H,1,11H2,2-4H3/t12-,14?,15+,16?,17-,18?/m0/s1. The predicted molar refractivity (Wildman–Crippen MR) is 84.4 cm³/mol. The summed E-state index contributed by atoms with van der Waals surface area (Å²) >= 11 is 0. The van der Waals surface area contributed by atoms with Crippen molar-refractivity contribution in [1.29, 1.82) is 0 Å². The van der Waals surface area contributed by atoms with Gasteiger partial charge in [0, 0.05) is 20.0 Å². The van der Waals surface area contributed by atoms with Crippen molar-refractivity contribution in [1.82, 2.24) is 0 Å². The second-order valence-electron chi connectivity index (χ2n) is 6.09. The fourth-order valence-corrected chi connectivity index (χ4v) is 3.08. The Bertz CT molecular complexity index is 533. The Hall–Kier alpha value is -1.24. The summed E-state index contributed by atoms with van der Waals surface area (Å²) in [5, 5.41) is 0. The number of hydrogen-bond donors (Lipinski definition) is 0. The van der Waals surface area contributed by atoms with Crippen molar-refractivity contribution in [3.63, 3.8) is 0 Å². The smallest absolute Gasteiger partial charge is 0.282 e. The van der Waals surface area contributed by atoms with Gasteiger partial charge in [0.05, 0.1) is 18.8 Å². The van der Waals surface area contributed by atoms with E-state index < -0.39 is 12.3 Å². The molecule has 3 unspecified atom stereocenters. The maximum Gasteiger partial charge on any atom is 0.282 e. The molecule has 0 aliphatic carbocycles. The lowest BCUT2D eigenvalue weighted by Gasteiger charge is -2.40. The molecule has 0 radical (unpaired) electrons. The Morgan fingerprint density at radius 2 is 2.00 bits per heavy atom. The molecular weight excluding hydrogens is 296 g/mol. The lowest BCUT2D eigenvalue weighted by molar-refractivity contribution is -0.332. The molecule has 0 amide bonds. The summed E-state index contributed by atoms with van der Waals surface area (Å²) < 4.78 is 29.1. The number of ether oxygens (including phenoxy) is 5. The van der Waals surface area contributed by atoms with E-state index in [0.717, 1.165) is 5.56 Å². The van der Waals surface area contributed by atoms with Gasteiger partial charge in [-0.25, -0.2) is 0 Å². The highest BCUT2D eigenvalue weighted by Crippen LogP contribution is 2.40. The second-order valence-corrected chi connectivity index (χ2v) is 6.09. The minimum absolute atomic E-state index is 0.0975. The van der Waals surface area contributed by atoms with Crippen LogP contribution in [0.15, 0.2) is 43.0 Å². The molecule has 2 fully saturated rings. The van der Waals surface area contributed by atoms with Gasteiger partial charge in [0.1, 0.15) is 6.10 Å². The normalized spacial score (nSPS) is 39.9. The van der Waals surface area contributed by atoms with Crippen LogP contribution in [0.25, 0.3) is 0 Å². The zero-order valence-corrected chi connectivity index (χ0v) is 13.8. The molecule has 3 rings (SSSR count). The highest BCUT2D eigenvalue weighted by molar-refractivity contribution is 5.13. The zero-order chi connectivity index (χ0) is 16.4. The summed E-state index contributed by atoms with van der Waals surface area (Å²) in [6, 6.07) is 10.1. The molecule has 0 N–H and O–H groups in total. The third-order valence-electron chi connectivity index (χ3n) is 4.49. The number of benzene rings is 1. The fraction of sp³-hybridized carbons (Fsp3) is 0.556. The first kappa shape index (κ1) is 16.6. The van der Waals surface area contributed by atoms with Gasteiger partial charge in [-0.2, -0.15) is 0 Å². The largest absolute Gasteiger partial charge is 0.370 e. The third-order valence-corrected chi connectivity index (χ3v) is 4.49. The van der Waals surface area contributed by atoms with Gasteiger partial charge < -0.3 is 18.9 Å². The van der Waals surface area contributed by atoms with Gasteiger partial charge in [-0.3, -0.25) is 4.74 Å². The maximum absolute atomic E-state index is 6.18. The molecule has 0 aromatic heterocycles. The van der Waals surface area contributed by atoms with E-state index in [0.29, 0.717) is 6.61 Å². The van der Waals surface area contributed by atoms with Crippen LogP contribution in [0.1, 0.15) is 19.4 Å². The van der Waals surface area contributed by atoms with Crippen molar-refractivity contribution in [2.24, 2.45) is 5.92 Å². The molecule has 2 aliphatic heterocycles. The van der Waals surface area contributed by atoms with Gasteiger partial charge in [0.15, 0.2) is 6.29 Å². The minimum Gasteiger partial charge on any atom is -0.370 e. The zero-order valence-electron chi connectivity index (χ0n) is 13.8. The number of rotatable bonds is 5. The van der Waals surface area contributed by atoms with Gasteiger partial charge in [-0.1, -0.05) is 43.3 Å². The van der Waals surface area contributed by atoms with Gasteiger partial charge in [-0.15, -0.1) is 6.58 Å². The van der Waals surface area contributed by atoms with E-state index in [1.165, 1.54) is 0 Å². The summed E-state index contributed by atoms with van der Waals surface area (Å²) in [7, 11) is 1.55. The summed E-state index contributed by atoms with van der Waals surface area (Å²) in [5.74, 6) is -1.01. The fourth-order valence-electron chi connectivity index (χ4n) is 3.08. The summed E-state index contributed by atoms with van der Waals surface area (Å²) in [4.78, 5) is 0. The van der Waals surface area contributed by atoms with Gasteiger partial charge >= 0.3 is 0 Å². The summed E-state index contributed by atoms with van der Waals surface area (Å²) in [5.41, 5.74) is 1.12. The average Bonchev–Trinajstić information content (AvgIpc) is 2.91. The Kier molecular flexibility index (Phi) is 4.85. The van der Waals surface area contributed by atoms with Crippen molar-refractivity contribution in [2.75, 3.05) is 7.11 Å². The second kappa shape index (κ2) is 6.71. The molecule has 2 heterocycles. The highest BCUT2D eigenvalue weighted by atomic mass is 16.9. The third kappa shape index (κ3) is 3.34. The molecule has 2 saturated heterocycles. The Labute approximate surface area is 137 Å². The lowest BCUT2D eigenvalue weighted by Crippen LogP contribution is -2.52. The molecule has 5 heteroatoms. The van der Waals surface area contributed by atoms with E-state index in [-0.39, 0.29) is 24.2 Å². The number of fused-ring (bicyclic) bond motifs is 1. The summed E-state index contributed by atoms with van der Waals surface area (Å²) in [6.07, 6.45) is 0.592. The first-order valence-corrected chi connectivity index (χ1v) is 7.90. The van der Waals surface area contributed by atoms with Gasteiger partial charge in [0.25, 0.3) is 5.97 Å². The van der Waals surface area contributed by atoms with Gasteiger partial charge in [0.2, 0.25) is 0 Å². The molecule has 1 aromatic rings. The quantitative estimate of drug-likeness (QED) is 0.781. The van der Waals surface area contributed by atoms with Crippen LogP contribution in [0.4, 0.5) is 0 Å². The Balaban J connectivity index is 1.75. The first-order valence-electron chi connectivity index (χ1n) is 7.90. The molecule has 6 atom stereocenters. The monoisotopic (exact) mass is 320 g/mol. The maximum atomic E-state index is 6.18. The first-order chi connectivity index (χ1) is 11.1. The van der Waals surface area contributed by atoms with E-state index in [2.05, 4.69) is 13.5 Å².